The van der Waals surface area contributed by atoms with Gasteiger partial charge in [-0.25, -0.2) is 4.99 Å². The van der Waals surface area contributed by atoms with Crippen molar-refractivity contribution in [2.24, 2.45) is 10.9 Å². The molecule has 1 atom stereocenters. The van der Waals surface area contributed by atoms with Gasteiger partial charge in [0.15, 0.2) is 0 Å². The van der Waals surface area contributed by atoms with Gasteiger partial charge in [0.1, 0.15) is 0 Å². The molecule has 26 heavy (non-hydrogen) atoms. The van der Waals surface area contributed by atoms with Crippen molar-refractivity contribution in [3.8, 4) is 0 Å². The zero-order chi connectivity index (χ0) is 18.1. The van der Waals surface area contributed by atoms with Gasteiger partial charge in [-0.2, -0.15) is 0 Å². The van der Waals surface area contributed by atoms with Gasteiger partial charge in [-0.15, -0.1) is 0 Å². The number of dihydropyridines is 1. The van der Waals surface area contributed by atoms with Crippen LogP contribution in [0.25, 0.3) is 10.9 Å². The highest BCUT2D eigenvalue weighted by Crippen LogP contribution is 2.23. The van der Waals surface area contributed by atoms with Crippen molar-refractivity contribution >= 4 is 40.0 Å². The molecule has 6 heteroatoms. The van der Waals surface area contributed by atoms with Crippen molar-refractivity contribution < 1.29 is 9.59 Å². The van der Waals surface area contributed by atoms with Crippen LogP contribution in [0, 0.1) is 5.92 Å². The number of benzene rings is 1. The first-order valence-electron chi connectivity index (χ1n) is 8.33. The lowest BCUT2D eigenvalue weighted by Gasteiger charge is -2.21. The van der Waals surface area contributed by atoms with Gasteiger partial charge in [0.25, 0.3) is 5.91 Å². The molecular formula is C20H16ClN3O2. The van der Waals surface area contributed by atoms with Crippen LogP contribution in [0.5, 0.6) is 0 Å². The van der Waals surface area contributed by atoms with Crippen LogP contribution in [0.3, 0.4) is 0 Å². The van der Waals surface area contributed by atoms with E-state index in [9.17, 15) is 9.59 Å². The fraction of sp³-hybridized carbons (Fsp3) is 0.150. The largest absolute Gasteiger partial charge is 0.350 e. The normalized spacial score (nSPS) is 18.5. The summed E-state index contributed by atoms with van der Waals surface area (Å²) in [6.07, 6.45) is 10.6. The molecule has 2 aromatic rings. The van der Waals surface area contributed by atoms with Crippen molar-refractivity contribution in [2.75, 3.05) is 6.54 Å². The van der Waals surface area contributed by atoms with E-state index in [4.69, 9.17) is 11.6 Å². The van der Waals surface area contributed by atoms with E-state index in [0.717, 1.165) is 10.9 Å². The van der Waals surface area contributed by atoms with Crippen molar-refractivity contribution in [2.45, 2.75) is 6.54 Å². The maximum Gasteiger partial charge on any atom is 0.270 e. The van der Waals surface area contributed by atoms with Crippen LogP contribution in [-0.4, -0.2) is 28.6 Å². The summed E-state index contributed by atoms with van der Waals surface area (Å²) in [5.74, 6) is -0.901. The average Bonchev–Trinajstić information content (AvgIpc) is 3.03. The van der Waals surface area contributed by atoms with E-state index in [-0.39, 0.29) is 11.8 Å². The van der Waals surface area contributed by atoms with E-state index in [1.165, 1.54) is 6.08 Å². The molecule has 1 unspecified atom stereocenters. The van der Waals surface area contributed by atoms with Crippen LogP contribution < -0.4 is 5.32 Å². The minimum absolute atomic E-state index is 0.245. The van der Waals surface area contributed by atoms with E-state index in [0.29, 0.717) is 29.4 Å². The number of allylic oxidation sites excluding steroid dienone is 4. The topological polar surface area (TPSA) is 63.5 Å². The minimum Gasteiger partial charge on any atom is -0.350 e. The van der Waals surface area contributed by atoms with Gasteiger partial charge in [0.05, 0.1) is 11.6 Å². The molecule has 0 saturated heterocycles. The fourth-order valence-corrected chi connectivity index (χ4v) is 3.40. The number of hydrogen-bond donors (Lipinski definition) is 1. The van der Waals surface area contributed by atoms with Crippen LogP contribution in [0.2, 0.25) is 5.02 Å². The Balaban J connectivity index is 1.44. The predicted molar refractivity (Wildman–Crippen MR) is 102 cm³/mol. The average molecular weight is 366 g/mol. The first kappa shape index (κ1) is 16.5. The molecule has 4 rings (SSSR count). The quantitative estimate of drug-likeness (QED) is 0.905. The summed E-state index contributed by atoms with van der Waals surface area (Å²) in [5.41, 5.74) is 2.06. The van der Waals surface area contributed by atoms with Crippen LogP contribution in [-0.2, 0) is 16.1 Å². The number of nitrogens with one attached hydrogen (secondary N) is 1. The van der Waals surface area contributed by atoms with Crippen molar-refractivity contribution in [3.05, 3.63) is 71.4 Å². The summed E-state index contributed by atoms with van der Waals surface area (Å²) in [6.45, 7) is 1.05. The van der Waals surface area contributed by atoms with Gasteiger partial charge < -0.3 is 9.88 Å². The van der Waals surface area contributed by atoms with Gasteiger partial charge >= 0.3 is 0 Å². The van der Waals surface area contributed by atoms with E-state index in [2.05, 4.69) is 10.3 Å². The molecule has 1 aromatic carbocycles. The number of carbonyl (C=O) groups excluding carboxylic acids is 2. The Morgan fingerprint density at radius 1 is 1.27 bits per heavy atom. The second-order valence-corrected chi connectivity index (χ2v) is 6.60. The molecule has 130 valence electrons. The molecular weight excluding hydrogens is 350 g/mol. The fourth-order valence-electron chi connectivity index (χ4n) is 3.23. The number of carbonyl (C=O) groups is 2. The monoisotopic (exact) mass is 365 g/mol. The van der Waals surface area contributed by atoms with Crippen LogP contribution in [0.15, 0.2) is 71.4 Å². The Kier molecular flexibility index (Phi) is 4.31. The van der Waals surface area contributed by atoms with Gasteiger partial charge in [0, 0.05) is 41.5 Å². The summed E-state index contributed by atoms with van der Waals surface area (Å²) in [5, 5.41) is 4.67. The Bertz CT molecular complexity index is 1030. The molecule has 0 saturated carbocycles. The Hall–Kier alpha value is -2.92. The van der Waals surface area contributed by atoms with Crippen molar-refractivity contribution in [3.63, 3.8) is 0 Å². The molecule has 2 heterocycles. The summed E-state index contributed by atoms with van der Waals surface area (Å²) < 4.78 is 2.04. The molecule has 0 spiro atoms. The van der Waals surface area contributed by atoms with Crippen LogP contribution in [0.1, 0.15) is 0 Å². The lowest BCUT2D eigenvalue weighted by atomic mass is 9.87. The Morgan fingerprint density at radius 3 is 3.04 bits per heavy atom. The molecule has 2 aliphatic rings. The van der Waals surface area contributed by atoms with E-state index in [1.807, 2.05) is 53.3 Å². The number of fused-ring (bicyclic) bond motifs is 2. The third-order valence-electron chi connectivity index (χ3n) is 4.49. The second-order valence-electron chi connectivity index (χ2n) is 6.16. The molecule has 0 fully saturated rings. The molecule has 2 amide bonds. The summed E-state index contributed by atoms with van der Waals surface area (Å²) in [4.78, 5) is 28.3. The zero-order valence-electron chi connectivity index (χ0n) is 13.9. The zero-order valence-corrected chi connectivity index (χ0v) is 14.6. The highest BCUT2D eigenvalue weighted by Gasteiger charge is 2.28. The predicted octanol–water partition coefficient (Wildman–Crippen LogP) is 3.06. The summed E-state index contributed by atoms with van der Waals surface area (Å²) in [7, 11) is 0. The van der Waals surface area contributed by atoms with Crippen LogP contribution >= 0.6 is 11.6 Å². The number of hydrogen-bond acceptors (Lipinski definition) is 2. The molecule has 1 N–H and O–H groups in total. The standard InChI is InChI=1S/C20H16ClN3O2/c21-14-6-5-13-7-9-24(18(13)11-14)10-8-22-20(26)16-12-19(25)23-17-4-2-1-3-15(16)17/h1-7,9,11-12,15H,8,10H2,(H,22,26). The molecule has 0 radical (unpaired) electrons. The second kappa shape index (κ2) is 6.77. The number of aromatic nitrogens is 1. The van der Waals surface area contributed by atoms with Crippen LogP contribution in [0.4, 0.5) is 0 Å². The highest BCUT2D eigenvalue weighted by atomic mass is 35.5. The van der Waals surface area contributed by atoms with Gasteiger partial charge in [-0.1, -0.05) is 35.9 Å². The number of rotatable bonds is 4. The van der Waals surface area contributed by atoms with Gasteiger partial charge in [0.2, 0.25) is 5.91 Å². The molecule has 1 aliphatic heterocycles. The first-order valence-corrected chi connectivity index (χ1v) is 8.71. The third-order valence-corrected chi connectivity index (χ3v) is 4.73. The molecule has 1 aliphatic carbocycles. The number of nitrogens with zero attached hydrogens (tertiary/aromatic N) is 2. The number of aliphatic imine (C=N–C) groups is 1. The van der Waals surface area contributed by atoms with E-state index in [1.54, 1.807) is 6.08 Å². The Morgan fingerprint density at radius 2 is 2.15 bits per heavy atom. The SMILES string of the molecule is O=C1C=C(C(=O)NCCn2ccc3ccc(Cl)cc32)C2C=CC=CC2=N1. The maximum atomic E-state index is 12.6. The van der Waals surface area contributed by atoms with E-state index < -0.39 is 5.91 Å². The molecule has 1 aromatic heterocycles. The first-order chi connectivity index (χ1) is 12.6. The van der Waals surface area contributed by atoms with Crippen molar-refractivity contribution in [1.29, 1.82) is 0 Å². The van der Waals surface area contributed by atoms with E-state index >= 15 is 0 Å². The minimum atomic E-state index is -0.396. The Labute approximate surface area is 155 Å². The number of halogens is 1. The molecule has 0 bridgehead atoms. The summed E-state index contributed by atoms with van der Waals surface area (Å²) in [6, 6.07) is 7.74. The van der Waals surface area contributed by atoms with Gasteiger partial charge in [-0.3, -0.25) is 9.59 Å². The van der Waals surface area contributed by atoms with Gasteiger partial charge in [-0.05, 0) is 29.7 Å². The third kappa shape index (κ3) is 3.13. The van der Waals surface area contributed by atoms with Crippen molar-refractivity contribution in [1.82, 2.24) is 9.88 Å². The lowest BCUT2D eigenvalue weighted by Crippen LogP contribution is -2.34. The lowest BCUT2D eigenvalue weighted by molar-refractivity contribution is -0.119. The maximum absolute atomic E-state index is 12.6. The highest BCUT2D eigenvalue weighted by molar-refractivity contribution is 6.31. The summed E-state index contributed by atoms with van der Waals surface area (Å²) >= 11 is 6.07. The number of amides is 2. The smallest absolute Gasteiger partial charge is 0.270 e. The molecule has 5 nitrogen and oxygen atoms in total.